The van der Waals surface area contributed by atoms with E-state index in [9.17, 15) is 8.78 Å². The van der Waals surface area contributed by atoms with Crippen LogP contribution in [0.5, 0.6) is 0 Å². The molecule has 0 unspecified atom stereocenters. The highest BCUT2D eigenvalue weighted by atomic mass is 79.9. The van der Waals surface area contributed by atoms with Gasteiger partial charge in [0, 0.05) is 0 Å². The minimum Gasteiger partial charge on any atom is -0.206 e. The predicted octanol–water partition coefficient (Wildman–Crippen LogP) is 3.37. The molecule has 11 heavy (non-hydrogen) atoms. The summed E-state index contributed by atoms with van der Waals surface area (Å²) in [4.78, 5) is 0. The first-order valence-electron chi connectivity index (χ1n) is 2.92. The maximum atomic E-state index is 12.7. The van der Waals surface area contributed by atoms with E-state index in [1.54, 1.807) is 0 Å². The van der Waals surface area contributed by atoms with Crippen LogP contribution in [0, 0.1) is 11.6 Å². The molecule has 0 nitrogen and oxygen atoms in total. The first-order chi connectivity index (χ1) is 5.15. The normalized spacial score (nSPS) is 9.73. The molecule has 3 heteroatoms. The Labute approximate surface area is 71.7 Å². The van der Waals surface area contributed by atoms with Gasteiger partial charge in [-0.3, -0.25) is 0 Å². The van der Waals surface area contributed by atoms with Gasteiger partial charge in [0.25, 0.3) is 0 Å². The van der Waals surface area contributed by atoms with Crippen LogP contribution in [-0.2, 0) is 0 Å². The molecule has 0 aliphatic rings. The Morgan fingerprint density at radius 3 is 2.09 bits per heavy atom. The third-order valence-corrected chi connectivity index (χ3v) is 2.00. The highest BCUT2D eigenvalue weighted by molar-refractivity contribution is 9.10. The van der Waals surface area contributed by atoms with Crippen molar-refractivity contribution in [3.8, 4) is 0 Å². The summed E-state index contributed by atoms with van der Waals surface area (Å²) in [5.74, 6) is -1.22. The van der Waals surface area contributed by atoms with Gasteiger partial charge in [0.05, 0.1) is 4.47 Å². The van der Waals surface area contributed by atoms with Crippen molar-refractivity contribution in [3.63, 3.8) is 0 Å². The number of rotatable bonds is 1. The molecule has 0 radical (unpaired) electrons. The second-order valence-electron chi connectivity index (χ2n) is 2.00. The topological polar surface area (TPSA) is 0 Å². The molecule has 58 valence electrons. The van der Waals surface area contributed by atoms with E-state index in [1.807, 2.05) is 0 Å². The fraction of sp³-hybridized carbons (Fsp3) is 0. The van der Waals surface area contributed by atoms with Gasteiger partial charge in [-0.25, -0.2) is 8.78 Å². The van der Waals surface area contributed by atoms with Crippen molar-refractivity contribution in [2.75, 3.05) is 0 Å². The molecule has 0 spiro atoms. The lowest BCUT2D eigenvalue weighted by molar-refractivity contribution is 0.571. The Morgan fingerprint density at radius 1 is 1.27 bits per heavy atom. The monoisotopic (exact) mass is 218 g/mol. The van der Waals surface area contributed by atoms with Crippen LogP contribution in [-0.4, -0.2) is 0 Å². The first-order valence-corrected chi connectivity index (χ1v) is 3.71. The molecule has 0 atom stereocenters. The Balaban J connectivity index is 3.31. The molecule has 0 amide bonds. The van der Waals surface area contributed by atoms with E-state index in [0.29, 0.717) is 5.56 Å². The van der Waals surface area contributed by atoms with Gasteiger partial charge < -0.3 is 0 Å². The second kappa shape index (κ2) is 3.13. The maximum absolute atomic E-state index is 12.7. The summed E-state index contributed by atoms with van der Waals surface area (Å²) in [6.07, 6.45) is 1.39. The zero-order chi connectivity index (χ0) is 8.43. The summed E-state index contributed by atoms with van der Waals surface area (Å²) in [7, 11) is 0. The summed E-state index contributed by atoms with van der Waals surface area (Å²) < 4.78 is 25.2. The van der Waals surface area contributed by atoms with Gasteiger partial charge in [-0.15, -0.1) is 0 Å². The molecule has 1 aromatic carbocycles. The van der Waals surface area contributed by atoms with Crippen LogP contribution >= 0.6 is 15.9 Å². The number of hydrogen-bond acceptors (Lipinski definition) is 0. The SMILES string of the molecule is C=Cc1cc(F)c(Br)c(F)c1. The minimum atomic E-state index is -0.611. The molecule has 0 fully saturated rings. The summed E-state index contributed by atoms with van der Waals surface area (Å²) in [5, 5.41) is 0. The Bertz CT molecular complexity index is 271. The third kappa shape index (κ3) is 1.66. The van der Waals surface area contributed by atoms with Crippen LogP contribution in [0.4, 0.5) is 8.78 Å². The van der Waals surface area contributed by atoms with E-state index in [4.69, 9.17) is 0 Å². The fourth-order valence-corrected chi connectivity index (χ4v) is 0.922. The zero-order valence-corrected chi connectivity index (χ0v) is 7.16. The van der Waals surface area contributed by atoms with Crippen molar-refractivity contribution >= 4 is 22.0 Å². The van der Waals surface area contributed by atoms with Gasteiger partial charge in [0.2, 0.25) is 0 Å². The smallest absolute Gasteiger partial charge is 0.140 e. The van der Waals surface area contributed by atoms with Gasteiger partial charge >= 0.3 is 0 Å². The Morgan fingerprint density at radius 2 is 1.73 bits per heavy atom. The number of benzene rings is 1. The van der Waals surface area contributed by atoms with Crippen molar-refractivity contribution < 1.29 is 8.78 Å². The first kappa shape index (κ1) is 8.40. The van der Waals surface area contributed by atoms with E-state index in [1.165, 1.54) is 18.2 Å². The summed E-state index contributed by atoms with van der Waals surface area (Å²) in [5.41, 5.74) is 0.434. The van der Waals surface area contributed by atoms with Gasteiger partial charge in [-0.1, -0.05) is 12.7 Å². The molecule has 0 bridgehead atoms. The van der Waals surface area contributed by atoms with E-state index in [0.717, 1.165) is 0 Å². The van der Waals surface area contributed by atoms with Crippen LogP contribution in [0.1, 0.15) is 5.56 Å². The highest BCUT2D eigenvalue weighted by Gasteiger charge is 2.05. The van der Waals surface area contributed by atoms with Crippen LogP contribution < -0.4 is 0 Å². The molecule has 0 N–H and O–H groups in total. The summed E-state index contributed by atoms with van der Waals surface area (Å²) in [6, 6.07) is 2.42. The van der Waals surface area contributed by atoms with Crippen molar-refractivity contribution in [3.05, 3.63) is 40.4 Å². The third-order valence-electron chi connectivity index (χ3n) is 1.24. The number of hydrogen-bond donors (Lipinski definition) is 0. The van der Waals surface area contributed by atoms with Crippen LogP contribution in [0.2, 0.25) is 0 Å². The zero-order valence-electron chi connectivity index (χ0n) is 5.57. The minimum absolute atomic E-state index is 0.136. The average molecular weight is 219 g/mol. The Hall–Kier alpha value is -0.700. The molecule has 0 aliphatic carbocycles. The molecular weight excluding hydrogens is 214 g/mol. The predicted molar refractivity (Wildman–Crippen MR) is 44.1 cm³/mol. The highest BCUT2D eigenvalue weighted by Crippen LogP contribution is 2.21. The van der Waals surface area contributed by atoms with Crippen molar-refractivity contribution in [1.29, 1.82) is 0 Å². The maximum Gasteiger partial charge on any atom is 0.140 e. The van der Waals surface area contributed by atoms with Gasteiger partial charge in [-0.05, 0) is 33.6 Å². The molecule has 0 saturated carbocycles. The molecule has 0 heterocycles. The van der Waals surface area contributed by atoms with E-state index in [2.05, 4.69) is 22.5 Å². The lowest BCUT2D eigenvalue weighted by Gasteiger charge is -1.97. The van der Waals surface area contributed by atoms with Gasteiger partial charge in [0.15, 0.2) is 0 Å². The standard InChI is InChI=1S/C8H5BrF2/c1-2-5-3-6(10)8(9)7(11)4-5/h2-4H,1H2. The molecule has 1 rings (SSSR count). The average Bonchev–Trinajstić information content (AvgIpc) is 1.99. The summed E-state index contributed by atoms with van der Waals surface area (Å²) >= 11 is 2.76. The molecular formula is C8H5BrF2. The van der Waals surface area contributed by atoms with E-state index in [-0.39, 0.29) is 4.47 Å². The molecule has 1 aromatic rings. The lowest BCUT2D eigenvalue weighted by Crippen LogP contribution is -1.85. The quantitative estimate of drug-likeness (QED) is 0.635. The Kier molecular flexibility index (Phi) is 2.39. The van der Waals surface area contributed by atoms with Crippen LogP contribution in [0.15, 0.2) is 23.2 Å². The molecule has 0 saturated heterocycles. The molecule has 0 aromatic heterocycles. The van der Waals surface area contributed by atoms with E-state index < -0.39 is 11.6 Å². The van der Waals surface area contributed by atoms with Crippen molar-refractivity contribution in [2.45, 2.75) is 0 Å². The fourth-order valence-electron chi connectivity index (χ4n) is 0.693. The van der Waals surface area contributed by atoms with Crippen LogP contribution in [0.3, 0.4) is 0 Å². The van der Waals surface area contributed by atoms with Gasteiger partial charge in [-0.2, -0.15) is 0 Å². The lowest BCUT2D eigenvalue weighted by atomic mass is 10.2. The van der Waals surface area contributed by atoms with E-state index >= 15 is 0 Å². The molecule has 0 aliphatic heterocycles. The van der Waals surface area contributed by atoms with Gasteiger partial charge in [0.1, 0.15) is 11.6 Å². The van der Waals surface area contributed by atoms with Crippen molar-refractivity contribution in [1.82, 2.24) is 0 Å². The summed E-state index contributed by atoms with van der Waals surface area (Å²) in [6.45, 7) is 3.39. The van der Waals surface area contributed by atoms with Crippen molar-refractivity contribution in [2.24, 2.45) is 0 Å². The largest absolute Gasteiger partial charge is 0.206 e. The van der Waals surface area contributed by atoms with Crippen LogP contribution in [0.25, 0.3) is 6.08 Å². The second-order valence-corrected chi connectivity index (χ2v) is 2.80. The number of halogens is 3.